The Balaban J connectivity index is 2.19. The minimum atomic E-state index is -0.838. The minimum Gasteiger partial charge on any atom is -0.507 e. The highest BCUT2D eigenvalue weighted by atomic mass is 16.5. The SMILES string of the molecule is COc1ccc(/C(O)=C2\C(=O)C(=O)N(CCN(C)C)C2c2cccc(OC(C)=O)c2)cc1C(C)C. The van der Waals surface area contributed by atoms with Gasteiger partial charge in [-0.15, -0.1) is 0 Å². The number of likely N-dealkylation sites (tertiary alicyclic amines) is 1. The van der Waals surface area contributed by atoms with E-state index in [0.29, 0.717) is 29.2 Å². The zero-order valence-corrected chi connectivity index (χ0v) is 21.0. The number of carbonyl (C=O) groups is 3. The van der Waals surface area contributed by atoms with Crippen molar-refractivity contribution in [1.29, 1.82) is 0 Å². The molecule has 1 atom stereocenters. The number of aliphatic hydroxyl groups excluding tert-OH is 1. The van der Waals surface area contributed by atoms with E-state index in [9.17, 15) is 19.5 Å². The zero-order chi connectivity index (χ0) is 25.9. The van der Waals surface area contributed by atoms with E-state index in [1.165, 1.54) is 11.8 Å². The maximum atomic E-state index is 13.2. The van der Waals surface area contributed by atoms with Gasteiger partial charge >= 0.3 is 5.97 Å². The quantitative estimate of drug-likeness (QED) is 0.202. The molecule has 1 unspecified atom stereocenters. The molecule has 3 rings (SSSR count). The van der Waals surface area contributed by atoms with Gasteiger partial charge in [-0.2, -0.15) is 0 Å². The highest BCUT2D eigenvalue weighted by molar-refractivity contribution is 6.46. The maximum absolute atomic E-state index is 13.2. The van der Waals surface area contributed by atoms with Gasteiger partial charge in [0, 0.05) is 25.6 Å². The predicted molar refractivity (Wildman–Crippen MR) is 132 cm³/mol. The van der Waals surface area contributed by atoms with Gasteiger partial charge in [0.2, 0.25) is 0 Å². The third-order valence-corrected chi connectivity index (χ3v) is 5.89. The second-order valence-corrected chi connectivity index (χ2v) is 9.07. The lowest BCUT2D eigenvalue weighted by Crippen LogP contribution is -2.35. The third-order valence-electron chi connectivity index (χ3n) is 5.89. The molecule has 0 radical (unpaired) electrons. The molecule has 1 N–H and O–H groups in total. The molecule has 0 bridgehead atoms. The summed E-state index contributed by atoms with van der Waals surface area (Å²) in [6, 6.07) is 11.0. The Hall–Kier alpha value is -3.65. The zero-order valence-electron chi connectivity index (χ0n) is 21.0. The summed E-state index contributed by atoms with van der Waals surface area (Å²) in [5, 5.41) is 11.4. The van der Waals surface area contributed by atoms with E-state index in [0.717, 1.165) is 5.56 Å². The van der Waals surface area contributed by atoms with Gasteiger partial charge in [0.15, 0.2) is 0 Å². The lowest BCUT2D eigenvalue weighted by Gasteiger charge is -2.27. The summed E-state index contributed by atoms with van der Waals surface area (Å²) < 4.78 is 10.7. The first-order chi connectivity index (χ1) is 16.5. The van der Waals surface area contributed by atoms with Crippen molar-refractivity contribution in [3.63, 3.8) is 0 Å². The molecule has 1 aliphatic heterocycles. The van der Waals surface area contributed by atoms with Crippen LogP contribution in [0.5, 0.6) is 11.5 Å². The predicted octanol–water partition coefficient (Wildman–Crippen LogP) is 3.73. The number of amides is 1. The van der Waals surface area contributed by atoms with Gasteiger partial charge in [0.05, 0.1) is 18.7 Å². The minimum absolute atomic E-state index is 0.00592. The lowest BCUT2D eigenvalue weighted by atomic mass is 9.93. The Morgan fingerprint density at radius 1 is 1.14 bits per heavy atom. The number of aliphatic hydroxyl groups is 1. The number of esters is 1. The second kappa shape index (κ2) is 10.7. The van der Waals surface area contributed by atoms with Gasteiger partial charge in [-0.25, -0.2) is 0 Å². The fraction of sp³-hybridized carbons (Fsp3) is 0.370. The van der Waals surface area contributed by atoms with Gasteiger partial charge in [-0.1, -0.05) is 26.0 Å². The number of likely N-dealkylation sites (N-methyl/N-ethyl adjacent to an activating group) is 1. The molecule has 1 fully saturated rings. The van der Waals surface area contributed by atoms with Crippen LogP contribution in [0.25, 0.3) is 5.76 Å². The maximum Gasteiger partial charge on any atom is 0.308 e. The van der Waals surface area contributed by atoms with Crippen LogP contribution in [-0.2, 0) is 14.4 Å². The molecule has 1 amide bonds. The molecule has 2 aromatic rings. The van der Waals surface area contributed by atoms with Crippen LogP contribution in [0.2, 0.25) is 0 Å². The molecule has 0 saturated carbocycles. The number of methoxy groups -OCH3 is 1. The Kier molecular flexibility index (Phi) is 7.96. The van der Waals surface area contributed by atoms with Crippen LogP contribution in [0.1, 0.15) is 49.4 Å². The highest BCUT2D eigenvalue weighted by Crippen LogP contribution is 2.41. The van der Waals surface area contributed by atoms with Crippen molar-refractivity contribution < 1.29 is 29.0 Å². The van der Waals surface area contributed by atoms with Crippen LogP contribution >= 0.6 is 0 Å². The first-order valence-corrected chi connectivity index (χ1v) is 11.4. The number of benzene rings is 2. The molecule has 35 heavy (non-hydrogen) atoms. The summed E-state index contributed by atoms with van der Waals surface area (Å²) in [6.07, 6.45) is 0. The molecule has 8 nitrogen and oxygen atoms in total. The molecular weight excluding hydrogens is 448 g/mol. The second-order valence-electron chi connectivity index (χ2n) is 9.07. The molecule has 186 valence electrons. The van der Waals surface area contributed by atoms with Crippen LogP contribution in [0.3, 0.4) is 0 Å². The van der Waals surface area contributed by atoms with Crippen LogP contribution in [0, 0.1) is 0 Å². The lowest BCUT2D eigenvalue weighted by molar-refractivity contribution is -0.140. The Labute approximate surface area is 205 Å². The third kappa shape index (κ3) is 5.54. The largest absolute Gasteiger partial charge is 0.507 e. The monoisotopic (exact) mass is 480 g/mol. The first kappa shape index (κ1) is 26.0. The fourth-order valence-electron chi connectivity index (χ4n) is 4.17. The van der Waals surface area contributed by atoms with Gasteiger partial charge in [-0.05, 0) is 61.5 Å². The standard InChI is InChI=1S/C27H32N2O6/c1-16(2)21-15-19(10-11-22(21)34-6)25(31)23-24(18-8-7-9-20(14-18)35-17(3)30)29(13-12-28(4)5)27(33)26(23)32/h7-11,14-16,24,31H,12-13H2,1-6H3/b25-23+. The molecule has 0 spiro atoms. The summed E-state index contributed by atoms with van der Waals surface area (Å²) in [7, 11) is 5.32. The number of Topliss-reactive ketones (excluding diaryl/α,β-unsaturated/α-hetero) is 1. The number of hydrogen-bond donors (Lipinski definition) is 1. The molecule has 2 aromatic carbocycles. The molecular formula is C27H32N2O6. The average Bonchev–Trinajstić information content (AvgIpc) is 3.06. The van der Waals surface area contributed by atoms with Crippen LogP contribution in [0.15, 0.2) is 48.0 Å². The molecule has 1 saturated heterocycles. The highest BCUT2D eigenvalue weighted by Gasteiger charge is 2.46. The number of ketones is 1. The average molecular weight is 481 g/mol. The van der Waals surface area contributed by atoms with E-state index < -0.39 is 23.7 Å². The topological polar surface area (TPSA) is 96.4 Å². The van der Waals surface area contributed by atoms with Crippen molar-refractivity contribution >= 4 is 23.4 Å². The summed E-state index contributed by atoms with van der Waals surface area (Å²) in [5.74, 6) is -1.11. The van der Waals surface area contributed by atoms with E-state index in [1.54, 1.807) is 49.6 Å². The van der Waals surface area contributed by atoms with Gasteiger partial charge in [0.25, 0.3) is 11.7 Å². The van der Waals surface area contributed by atoms with Gasteiger partial charge in [0.1, 0.15) is 17.3 Å². The summed E-state index contributed by atoms with van der Waals surface area (Å²) in [5.41, 5.74) is 1.84. The number of ether oxygens (including phenoxy) is 2. The summed E-state index contributed by atoms with van der Waals surface area (Å²) in [6.45, 7) is 6.10. The molecule has 1 aliphatic rings. The molecule has 0 aliphatic carbocycles. The van der Waals surface area contributed by atoms with E-state index in [4.69, 9.17) is 9.47 Å². The van der Waals surface area contributed by atoms with Crippen molar-refractivity contribution in [3.8, 4) is 11.5 Å². The van der Waals surface area contributed by atoms with Crippen molar-refractivity contribution in [1.82, 2.24) is 9.80 Å². The Bertz CT molecular complexity index is 1170. The van der Waals surface area contributed by atoms with Crippen molar-refractivity contribution in [3.05, 3.63) is 64.7 Å². The van der Waals surface area contributed by atoms with E-state index >= 15 is 0 Å². The normalized spacial score (nSPS) is 17.4. The van der Waals surface area contributed by atoms with Crippen LogP contribution in [-0.4, -0.2) is 66.9 Å². The number of nitrogens with zero attached hydrogens (tertiary/aromatic N) is 2. The summed E-state index contributed by atoms with van der Waals surface area (Å²) >= 11 is 0. The number of rotatable bonds is 8. The van der Waals surface area contributed by atoms with Crippen molar-refractivity contribution in [2.24, 2.45) is 0 Å². The number of carbonyl (C=O) groups excluding carboxylic acids is 3. The fourth-order valence-corrected chi connectivity index (χ4v) is 4.17. The molecule has 8 heteroatoms. The van der Waals surface area contributed by atoms with Gasteiger partial charge in [-0.3, -0.25) is 14.4 Å². The Morgan fingerprint density at radius 2 is 1.86 bits per heavy atom. The van der Waals surface area contributed by atoms with E-state index in [2.05, 4.69) is 0 Å². The summed E-state index contributed by atoms with van der Waals surface area (Å²) in [4.78, 5) is 41.2. The van der Waals surface area contributed by atoms with Crippen molar-refractivity contribution in [2.45, 2.75) is 32.7 Å². The smallest absolute Gasteiger partial charge is 0.308 e. The number of hydrogen-bond acceptors (Lipinski definition) is 7. The molecule has 0 aromatic heterocycles. The Morgan fingerprint density at radius 3 is 2.46 bits per heavy atom. The van der Waals surface area contributed by atoms with E-state index in [1.807, 2.05) is 32.8 Å². The first-order valence-electron chi connectivity index (χ1n) is 11.4. The van der Waals surface area contributed by atoms with Crippen molar-refractivity contribution in [2.75, 3.05) is 34.3 Å². The molecule has 1 heterocycles. The van der Waals surface area contributed by atoms with Crippen LogP contribution < -0.4 is 9.47 Å². The van der Waals surface area contributed by atoms with Crippen LogP contribution in [0.4, 0.5) is 0 Å². The van der Waals surface area contributed by atoms with E-state index in [-0.39, 0.29) is 23.8 Å². The van der Waals surface area contributed by atoms with Gasteiger partial charge < -0.3 is 24.4 Å².